The summed E-state index contributed by atoms with van der Waals surface area (Å²) in [6.07, 6.45) is 8.10. The second kappa shape index (κ2) is 9.44. The van der Waals surface area contributed by atoms with Crippen LogP contribution in [0.1, 0.15) is 51.9 Å². The van der Waals surface area contributed by atoms with Crippen molar-refractivity contribution in [2.24, 2.45) is 0 Å². The maximum Gasteiger partial charge on any atom is 0.409 e. The summed E-state index contributed by atoms with van der Waals surface area (Å²) in [6.45, 7) is 7.17. The van der Waals surface area contributed by atoms with Gasteiger partial charge in [-0.25, -0.2) is 9.59 Å². The van der Waals surface area contributed by atoms with E-state index in [1.54, 1.807) is 4.90 Å². The molecule has 0 spiro atoms. The number of nitrogens with one attached hydrogen (secondary N) is 1. The van der Waals surface area contributed by atoms with E-state index in [0.717, 1.165) is 45.1 Å². The van der Waals surface area contributed by atoms with E-state index in [1.165, 1.54) is 32.1 Å². The Balaban J connectivity index is 1.36. The van der Waals surface area contributed by atoms with E-state index in [2.05, 4.69) is 10.2 Å². The van der Waals surface area contributed by atoms with E-state index >= 15 is 0 Å². The van der Waals surface area contributed by atoms with Crippen LogP contribution in [-0.2, 0) is 4.74 Å². The van der Waals surface area contributed by atoms with Crippen molar-refractivity contribution in [3.8, 4) is 0 Å². The summed E-state index contributed by atoms with van der Waals surface area (Å²) in [6, 6.07) is 0.952. The average Bonchev–Trinajstić information content (AvgIpc) is 2.69. The number of likely N-dealkylation sites (tertiary alicyclic amines) is 1. The van der Waals surface area contributed by atoms with Gasteiger partial charge >= 0.3 is 12.1 Å². The van der Waals surface area contributed by atoms with Gasteiger partial charge in [0.15, 0.2) is 0 Å². The van der Waals surface area contributed by atoms with Crippen molar-refractivity contribution in [3.63, 3.8) is 0 Å². The molecule has 0 aromatic rings. The number of hydrogen-bond donors (Lipinski definition) is 1. The van der Waals surface area contributed by atoms with Gasteiger partial charge in [-0.2, -0.15) is 0 Å². The normalized spacial score (nSPS) is 23.7. The van der Waals surface area contributed by atoms with Crippen LogP contribution in [0.5, 0.6) is 0 Å². The fourth-order valence-corrected chi connectivity index (χ4v) is 4.42. The lowest BCUT2D eigenvalue weighted by atomic mass is 9.94. The Labute approximate surface area is 157 Å². The van der Waals surface area contributed by atoms with Crippen molar-refractivity contribution >= 4 is 12.1 Å². The molecule has 3 rings (SSSR count). The summed E-state index contributed by atoms with van der Waals surface area (Å²) in [4.78, 5) is 30.6. The third-order valence-corrected chi connectivity index (χ3v) is 6.04. The number of urea groups is 1. The molecule has 2 aliphatic heterocycles. The second-order valence-corrected chi connectivity index (χ2v) is 7.72. The summed E-state index contributed by atoms with van der Waals surface area (Å²) < 4.78 is 5.04. The number of rotatable bonds is 3. The zero-order valence-electron chi connectivity index (χ0n) is 16.1. The highest BCUT2D eigenvalue weighted by molar-refractivity contribution is 5.74. The molecule has 7 nitrogen and oxygen atoms in total. The lowest BCUT2D eigenvalue weighted by Gasteiger charge is -2.41. The number of piperidine rings is 1. The monoisotopic (exact) mass is 366 g/mol. The second-order valence-electron chi connectivity index (χ2n) is 7.72. The van der Waals surface area contributed by atoms with E-state index in [4.69, 9.17) is 4.74 Å². The number of piperazine rings is 1. The van der Waals surface area contributed by atoms with Gasteiger partial charge in [-0.15, -0.1) is 0 Å². The average molecular weight is 367 g/mol. The molecule has 148 valence electrons. The number of nitrogens with zero attached hydrogens (tertiary/aromatic N) is 3. The molecule has 7 heteroatoms. The summed E-state index contributed by atoms with van der Waals surface area (Å²) in [5.74, 6) is 0. The van der Waals surface area contributed by atoms with Gasteiger partial charge in [0, 0.05) is 51.4 Å². The van der Waals surface area contributed by atoms with Gasteiger partial charge < -0.3 is 19.9 Å². The zero-order chi connectivity index (χ0) is 18.4. The van der Waals surface area contributed by atoms with Gasteiger partial charge in [0.2, 0.25) is 0 Å². The predicted octanol–water partition coefficient (Wildman–Crippen LogP) is 2.27. The summed E-state index contributed by atoms with van der Waals surface area (Å²) in [5, 5.41) is 3.16. The minimum Gasteiger partial charge on any atom is -0.450 e. The number of carbonyl (C=O) groups excluding carboxylic acids is 2. The lowest BCUT2D eigenvalue weighted by molar-refractivity contribution is 0.0850. The highest BCUT2D eigenvalue weighted by Crippen LogP contribution is 2.23. The van der Waals surface area contributed by atoms with Crippen LogP contribution in [0, 0.1) is 0 Å². The Morgan fingerprint density at radius 2 is 1.54 bits per heavy atom. The van der Waals surface area contributed by atoms with E-state index in [0.29, 0.717) is 19.7 Å². The number of hydrogen-bond acceptors (Lipinski definition) is 4. The zero-order valence-corrected chi connectivity index (χ0v) is 16.1. The van der Waals surface area contributed by atoms with Gasteiger partial charge in [0.25, 0.3) is 0 Å². The number of carbonyl (C=O) groups is 2. The van der Waals surface area contributed by atoms with Gasteiger partial charge in [0.05, 0.1) is 6.61 Å². The van der Waals surface area contributed by atoms with Crippen LogP contribution >= 0.6 is 0 Å². The largest absolute Gasteiger partial charge is 0.450 e. The molecule has 0 aromatic carbocycles. The fraction of sp³-hybridized carbons (Fsp3) is 0.895. The molecular formula is C19H34N4O3. The lowest BCUT2D eigenvalue weighted by Crippen LogP contribution is -2.56. The van der Waals surface area contributed by atoms with E-state index in [9.17, 15) is 9.59 Å². The van der Waals surface area contributed by atoms with Crippen LogP contribution in [0.2, 0.25) is 0 Å². The van der Waals surface area contributed by atoms with E-state index in [-0.39, 0.29) is 18.2 Å². The molecule has 3 fully saturated rings. The molecule has 1 N–H and O–H groups in total. The van der Waals surface area contributed by atoms with Crippen LogP contribution < -0.4 is 5.32 Å². The standard InChI is InChI=1S/C19H34N4O3/c1-2-26-19(25)23-10-8-16(9-11-23)20-18(24)22-14-12-21(13-15-22)17-6-4-3-5-7-17/h16-17H,2-15H2,1H3,(H,20,24). The first-order valence-electron chi connectivity index (χ1n) is 10.4. The third kappa shape index (κ3) is 5.02. The fourth-order valence-electron chi connectivity index (χ4n) is 4.42. The molecule has 3 aliphatic rings. The third-order valence-electron chi connectivity index (χ3n) is 6.04. The molecule has 2 heterocycles. The van der Waals surface area contributed by atoms with Gasteiger partial charge in [-0.05, 0) is 32.6 Å². The summed E-state index contributed by atoms with van der Waals surface area (Å²) in [7, 11) is 0. The quantitative estimate of drug-likeness (QED) is 0.832. The minimum atomic E-state index is -0.240. The first kappa shape index (κ1) is 19.3. The number of amides is 3. The Morgan fingerprint density at radius 1 is 0.885 bits per heavy atom. The highest BCUT2D eigenvalue weighted by atomic mass is 16.6. The molecule has 1 aliphatic carbocycles. The molecule has 2 saturated heterocycles. The Kier molecular flexibility index (Phi) is 7.00. The Morgan fingerprint density at radius 3 is 2.15 bits per heavy atom. The molecular weight excluding hydrogens is 332 g/mol. The molecule has 0 atom stereocenters. The summed E-state index contributed by atoms with van der Waals surface area (Å²) >= 11 is 0. The molecule has 26 heavy (non-hydrogen) atoms. The van der Waals surface area contributed by atoms with E-state index in [1.807, 2.05) is 11.8 Å². The van der Waals surface area contributed by atoms with Crippen molar-refractivity contribution in [2.45, 2.75) is 64.0 Å². The van der Waals surface area contributed by atoms with Crippen molar-refractivity contribution < 1.29 is 14.3 Å². The van der Waals surface area contributed by atoms with Crippen LogP contribution in [0.15, 0.2) is 0 Å². The smallest absolute Gasteiger partial charge is 0.409 e. The SMILES string of the molecule is CCOC(=O)N1CCC(NC(=O)N2CCN(C3CCCCC3)CC2)CC1. The molecule has 3 amide bonds. The predicted molar refractivity (Wildman–Crippen MR) is 100 cm³/mol. The maximum absolute atomic E-state index is 12.6. The maximum atomic E-state index is 12.6. The topological polar surface area (TPSA) is 65.1 Å². The van der Waals surface area contributed by atoms with E-state index < -0.39 is 0 Å². The van der Waals surface area contributed by atoms with Gasteiger partial charge in [-0.3, -0.25) is 4.90 Å². The van der Waals surface area contributed by atoms with Crippen molar-refractivity contribution in [3.05, 3.63) is 0 Å². The van der Waals surface area contributed by atoms with Crippen molar-refractivity contribution in [1.29, 1.82) is 0 Å². The molecule has 0 unspecified atom stereocenters. The van der Waals surface area contributed by atoms with Gasteiger partial charge in [0.1, 0.15) is 0 Å². The Hall–Kier alpha value is -1.50. The van der Waals surface area contributed by atoms with Crippen LogP contribution in [-0.4, -0.2) is 84.8 Å². The molecule has 1 saturated carbocycles. The minimum absolute atomic E-state index is 0.0582. The molecule has 0 radical (unpaired) electrons. The Bertz CT molecular complexity index is 465. The summed E-state index contributed by atoms with van der Waals surface area (Å²) in [5.41, 5.74) is 0. The molecule has 0 aromatic heterocycles. The molecule has 0 bridgehead atoms. The van der Waals surface area contributed by atoms with Crippen LogP contribution in [0.4, 0.5) is 9.59 Å². The number of ether oxygens (including phenoxy) is 1. The van der Waals surface area contributed by atoms with Crippen LogP contribution in [0.25, 0.3) is 0 Å². The highest BCUT2D eigenvalue weighted by Gasteiger charge is 2.29. The van der Waals surface area contributed by atoms with Crippen molar-refractivity contribution in [1.82, 2.24) is 20.0 Å². The first-order chi connectivity index (χ1) is 12.7. The first-order valence-corrected chi connectivity index (χ1v) is 10.4. The van der Waals surface area contributed by atoms with Gasteiger partial charge in [-0.1, -0.05) is 19.3 Å². The van der Waals surface area contributed by atoms with Crippen molar-refractivity contribution in [2.75, 3.05) is 45.9 Å². The van der Waals surface area contributed by atoms with Crippen LogP contribution in [0.3, 0.4) is 0 Å².